The van der Waals surface area contributed by atoms with Gasteiger partial charge in [-0.25, -0.2) is 0 Å². The van der Waals surface area contributed by atoms with E-state index in [1.807, 2.05) is 0 Å². The van der Waals surface area contributed by atoms with E-state index < -0.39 is 0 Å². The molecule has 0 saturated carbocycles. The van der Waals surface area contributed by atoms with E-state index in [0.717, 1.165) is 0 Å². The third-order valence-corrected chi connectivity index (χ3v) is 1.06. The number of benzene rings is 1. The predicted molar refractivity (Wildman–Crippen MR) is 41.2 cm³/mol. The van der Waals surface area contributed by atoms with Gasteiger partial charge in [-0.3, -0.25) is 0 Å². The highest BCUT2D eigenvalue weighted by molar-refractivity contribution is 5.85. The Kier molecular flexibility index (Phi) is 3.98. The van der Waals surface area contributed by atoms with E-state index in [4.69, 9.17) is 5.21 Å². The van der Waals surface area contributed by atoms with Crippen molar-refractivity contribution in [2.24, 2.45) is 5.28 Å². The Morgan fingerprint density at radius 2 is 1.82 bits per heavy atom. The molecule has 0 aliphatic rings. The number of para-hydroxylation sites is 1. The van der Waals surface area contributed by atoms with Crippen molar-refractivity contribution in [3.05, 3.63) is 35.5 Å². The molecule has 60 valence electrons. The molecule has 0 aliphatic carbocycles. The van der Waals surface area contributed by atoms with Gasteiger partial charge in [-0.05, 0) is 4.86 Å². The summed E-state index contributed by atoms with van der Waals surface area (Å²) in [6.45, 7) is 0. The fraction of sp³-hybridized carbons (Fsp3) is 0. The van der Waals surface area contributed by atoms with Gasteiger partial charge in [-0.1, -0.05) is 18.2 Å². The minimum atomic E-state index is 0. The van der Waals surface area contributed by atoms with Crippen molar-refractivity contribution in [1.29, 1.82) is 0 Å². The second-order valence-corrected chi connectivity index (χ2v) is 1.70. The summed E-state index contributed by atoms with van der Waals surface area (Å²) in [5.74, 6) is 0. The van der Waals surface area contributed by atoms with Crippen molar-refractivity contribution in [1.82, 2.24) is 0 Å². The monoisotopic (exact) mass is 174 g/mol. The van der Waals surface area contributed by atoms with Gasteiger partial charge in [0, 0.05) is 12.1 Å². The lowest BCUT2D eigenvalue weighted by molar-refractivity contribution is -0.473. The molecule has 5 heteroatoms. The van der Waals surface area contributed by atoms with Crippen LogP contribution in [-0.4, -0.2) is 10.1 Å². The molecule has 1 aromatic carbocycles. The first-order chi connectivity index (χ1) is 4.84. The quantitative estimate of drug-likeness (QED) is 0.403. The van der Waals surface area contributed by atoms with Crippen LogP contribution in [0.5, 0.6) is 0 Å². The summed E-state index contributed by atoms with van der Waals surface area (Å²) in [4.78, 5) is 0.139. The van der Waals surface area contributed by atoms with Crippen LogP contribution in [0.1, 0.15) is 0 Å². The molecular formula is C6H7ClN2O2. The molecule has 0 heterocycles. The predicted octanol–water partition coefficient (Wildman–Crippen LogP) is 2.09. The zero-order valence-corrected chi connectivity index (χ0v) is 6.36. The first-order valence-electron chi connectivity index (χ1n) is 2.72. The molecule has 0 aliphatic heterocycles. The van der Waals surface area contributed by atoms with Gasteiger partial charge in [0.25, 0.3) is 0 Å². The van der Waals surface area contributed by atoms with Crippen molar-refractivity contribution in [2.45, 2.75) is 0 Å². The van der Waals surface area contributed by atoms with E-state index in [2.05, 4.69) is 5.28 Å². The van der Waals surface area contributed by atoms with Crippen LogP contribution >= 0.6 is 12.4 Å². The summed E-state index contributed by atoms with van der Waals surface area (Å²) in [6, 6.07) is 8.24. The average molecular weight is 175 g/mol. The van der Waals surface area contributed by atoms with E-state index in [-0.39, 0.29) is 17.3 Å². The van der Waals surface area contributed by atoms with Gasteiger partial charge in [0.15, 0.2) is 0 Å². The molecule has 1 rings (SSSR count). The highest BCUT2D eigenvalue weighted by Crippen LogP contribution is 2.08. The molecule has 0 bridgehead atoms. The summed E-state index contributed by atoms with van der Waals surface area (Å²) in [6.07, 6.45) is 0. The number of halogens is 1. The Morgan fingerprint density at radius 3 is 2.27 bits per heavy atom. The Hall–Kier alpha value is -1.29. The van der Waals surface area contributed by atoms with Gasteiger partial charge in [-0.2, -0.15) is 0 Å². The molecule has 0 atom stereocenters. The largest absolute Gasteiger partial charge is 0.592 e. The molecule has 0 fully saturated rings. The number of nitrogens with zero attached hydrogens (tertiary/aromatic N) is 2. The van der Waals surface area contributed by atoms with Crippen LogP contribution in [0.2, 0.25) is 0 Å². The molecular weight excluding hydrogens is 168 g/mol. The Bertz CT molecular complexity index is 238. The third-order valence-electron chi connectivity index (χ3n) is 1.06. The minimum Gasteiger partial charge on any atom is -0.592 e. The van der Waals surface area contributed by atoms with Gasteiger partial charge >= 0.3 is 0 Å². The first kappa shape index (κ1) is 9.71. The van der Waals surface area contributed by atoms with Crippen molar-refractivity contribution in [3.8, 4) is 0 Å². The topological polar surface area (TPSA) is 58.7 Å². The van der Waals surface area contributed by atoms with Gasteiger partial charge < -0.3 is 10.4 Å². The van der Waals surface area contributed by atoms with E-state index in [1.165, 1.54) is 0 Å². The molecule has 0 saturated heterocycles. The average Bonchev–Trinajstić information content (AvgIpc) is 2.05. The first-order valence-corrected chi connectivity index (χ1v) is 2.72. The van der Waals surface area contributed by atoms with Crippen molar-refractivity contribution >= 4 is 18.1 Å². The van der Waals surface area contributed by atoms with E-state index >= 15 is 0 Å². The number of rotatable bonds is 1. The van der Waals surface area contributed by atoms with Crippen LogP contribution in [-0.2, 0) is 0 Å². The van der Waals surface area contributed by atoms with Gasteiger partial charge in [0.05, 0.1) is 0 Å². The summed E-state index contributed by atoms with van der Waals surface area (Å²) in [5.41, 5.74) is 0.310. The normalized spacial score (nSPS) is 10.4. The van der Waals surface area contributed by atoms with Crippen molar-refractivity contribution in [3.63, 3.8) is 0 Å². The molecule has 0 unspecified atom stereocenters. The molecule has 11 heavy (non-hydrogen) atoms. The lowest BCUT2D eigenvalue weighted by Crippen LogP contribution is -1.88. The summed E-state index contributed by atoms with van der Waals surface area (Å²) >= 11 is 0. The fourth-order valence-electron chi connectivity index (χ4n) is 0.607. The zero-order valence-electron chi connectivity index (χ0n) is 5.54. The maximum Gasteiger partial charge on any atom is 0.248 e. The van der Waals surface area contributed by atoms with Crippen molar-refractivity contribution < 1.29 is 10.1 Å². The third kappa shape index (κ3) is 2.43. The second kappa shape index (κ2) is 4.51. The van der Waals surface area contributed by atoms with Crippen LogP contribution < -0.4 is 0 Å². The van der Waals surface area contributed by atoms with E-state index in [0.29, 0.717) is 5.69 Å². The van der Waals surface area contributed by atoms with Crippen LogP contribution in [0, 0.1) is 5.21 Å². The smallest absolute Gasteiger partial charge is 0.248 e. The molecule has 4 nitrogen and oxygen atoms in total. The second-order valence-electron chi connectivity index (χ2n) is 1.70. The SMILES string of the molecule is Cl.[O-][N+](=NO)c1ccccc1. The zero-order chi connectivity index (χ0) is 7.40. The van der Waals surface area contributed by atoms with Crippen molar-refractivity contribution in [2.75, 3.05) is 0 Å². The molecule has 0 amide bonds. The van der Waals surface area contributed by atoms with Crippen LogP contribution in [0.4, 0.5) is 5.69 Å². The van der Waals surface area contributed by atoms with Gasteiger partial charge in [0.2, 0.25) is 11.0 Å². The van der Waals surface area contributed by atoms with Gasteiger partial charge in [0.1, 0.15) is 0 Å². The Morgan fingerprint density at radius 1 is 1.27 bits per heavy atom. The maximum atomic E-state index is 10.5. The van der Waals surface area contributed by atoms with Crippen LogP contribution in [0.15, 0.2) is 35.6 Å². The van der Waals surface area contributed by atoms with E-state index in [9.17, 15) is 5.21 Å². The van der Waals surface area contributed by atoms with E-state index in [1.54, 1.807) is 30.3 Å². The standard InChI is InChI=1S/C6H6N2O2.ClH/c9-7-8(10)6-4-2-1-3-5-6;/h1-5,9H;1H. The molecule has 0 aromatic heterocycles. The van der Waals surface area contributed by atoms with Gasteiger partial charge in [-0.15, -0.1) is 12.4 Å². The molecule has 1 N–H and O–H groups in total. The number of hydrogen-bond acceptors (Lipinski definition) is 2. The van der Waals surface area contributed by atoms with Crippen LogP contribution in [0.3, 0.4) is 0 Å². The summed E-state index contributed by atoms with van der Waals surface area (Å²) in [7, 11) is 0. The molecule has 1 aromatic rings. The minimum absolute atomic E-state index is 0. The summed E-state index contributed by atoms with van der Waals surface area (Å²) < 4.78 is 0. The number of hydrogen-bond donors (Lipinski definition) is 1. The highest BCUT2D eigenvalue weighted by Gasteiger charge is 1.98. The van der Waals surface area contributed by atoms with Crippen LogP contribution in [0.25, 0.3) is 0 Å². The lowest BCUT2D eigenvalue weighted by Gasteiger charge is -1.93. The fourth-order valence-corrected chi connectivity index (χ4v) is 0.607. The lowest BCUT2D eigenvalue weighted by atomic mass is 10.3. The Balaban J connectivity index is 0.000001000. The molecule has 0 radical (unpaired) electrons. The Labute approximate surface area is 69.7 Å². The molecule has 0 spiro atoms. The summed E-state index contributed by atoms with van der Waals surface area (Å²) in [5, 5.41) is 21.0. The highest BCUT2D eigenvalue weighted by atomic mass is 35.5. The maximum absolute atomic E-state index is 10.5.